The summed E-state index contributed by atoms with van der Waals surface area (Å²) in [4.78, 5) is 47.6. The molecule has 0 unspecified atom stereocenters. The highest BCUT2D eigenvalue weighted by molar-refractivity contribution is 6.76. The fourth-order valence-corrected chi connectivity index (χ4v) is 9.92. The fourth-order valence-electron chi connectivity index (χ4n) is 8.01. The van der Waals surface area contributed by atoms with E-state index >= 15 is 8.78 Å². The van der Waals surface area contributed by atoms with Crippen LogP contribution in [-0.4, -0.2) is 158 Å². The lowest BCUT2D eigenvalue weighted by Gasteiger charge is -2.15. The number of rotatable bonds is 21. The van der Waals surface area contributed by atoms with E-state index in [2.05, 4.69) is 64.6 Å². The van der Waals surface area contributed by atoms with Gasteiger partial charge in [-0.1, -0.05) is 76.3 Å². The minimum Gasteiger partial charge on any atom is -0.478 e. The van der Waals surface area contributed by atoms with Crippen molar-refractivity contribution in [3.05, 3.63) is 81.9 Å². The number of likely N-dealkylation sites (N-methyl/N-ethyl adjacent to an activating group) is 2. The van der Waals surface area contributed by atoms with Crippen molar-refractivity contribution < 1.29 is 33.0 Å². The van der Waals surface area contributed by atoms with Crippen LogP contribution in [0.4, 0.5) is 8.78 Å². The molecule has 0 fully saturated rings. The van der Waals surface area contributed by atoms with Crippen molar-refractivity contribution in [2.75, 3.05) is 54.5 Å². The van der Waals surface area contributed by atoms with Gasteiger partial charge < -0.3 is 44.6 Å². The second-order valence-electron chi connectivity index (χ2n) is 23.1. The SMILES string of the molecule is CC(C)N.CC(C)NC(=O)c1cn(COCC[Si](C)(C)C)c2ncc(-c3nn(CCN(C)C)c4cc(Cl)cc(F)c34)nc12.CN(C)CCn1nc(-c2cnc3c(n2)c(C(=O)O)cn3COCC[Si](C)(C)C)c2c(F)cc(Cl)cc21. The van der Waals surface area contributed by atoms with Gasteiger partial charge in [-0.25, -0.2) is 33.5 Å². The normalized spacial score (nSPS) is 12.2. The van der Waals surface area contributed by atoms with Crippen LogP contribution >= 0.6 is 23.2 Å². The smallest absolute Gasteiger partial charge is 0.339 e. The van der Waals surface area contributed by atoms with Gasteiger partial charge in [-0.3, -0.25) is 14.2 Å². The van der Waals surface area contributed by atoms with Gasteiger partial charge in [-0.05, 0) is 84.4 Å². The van der Waals surface area contributed by atoms with E-state index in [0.29, 0.717) is 95.6 Å². The molecule has 0 bridgehead atoms. The van der Waals surface area contributed by atoms with Crippen molar-refractivity contribution in [3.8, 4) is 22.8 Å². The van der Waals surface area contributed by atoms with E-state index in [0.717, 1.165) is 12.1 Å². The van der Waals surface area contributed by atoms with Crippen LogP contribution in [0.1, 0.15) is 48.4 Å². The number of amides is 1. The number of carboxylic acids is 1. The number of carboxylic acid groups (broad SMARTS) is 1. The maximum Gasteiger partial charge on any atom is 0.339 e. The third kappa shape index (κ3) is 16.7. The number of ether oxygens (including phenoxy) is 2. The van der Waals surface area contributed by atoms with Gasteiger partial charge in [0.15, 0.2) is 11.3 Å². The number of aromatic carboxylic acids is 1. The van der Waals surface area contributed by atoms with Gasteiger partial charge in [0.2, 0.25) is 0 Å². The van der Waals surface area contributed by atoms with Crippen LogP contribution in [0.25, 0.3) is 66.9 Å². The zero-order valence-electron chi connectivity index (χ0n) is 47.9. The van der Waals surface area contributed by atoms with Crippen LogP contribution in [0.3, 0.4) is 0 Å². The zero-order valence-corrected chi connectivity index (χ0v) is 51.4. The molecule has 6 aromatic heterocycles. The lowest BCUT2D eigenvalue weighted by atomic mass is 10.1. The number of nitrogens with zero attached hydrogens (tertiary/aromatic N) is 12. The lowest BCUT2D eigenvalue weighted by molar-refractivity contribution is 0.0695. The molecule has 0 saturated heterocycles. The molecular formula is C54H76Cl2F2N14O5Si2. The van der Waals surface area contributed by atoms with E-state index in [4.69, 9.17) is 48.5 Å². The summed E-state index contributed by atoms with van der Waals surface area (Å²) in [6.45, 7) is 25.4. The number of nitrogens with two attached hydrogens (primary N) is 1. The summed E-state index contributed by atoms with van der Waals surface area (Å²) in [7, 11) is 5.30. The Morgan fingerprint density at radius 3 is 1.46 bits per heavy atom. The quantitative estimate of drug-likeness (QED) is 0.0451. The Balaban J connectivity index is 0.000000240. The Hall–Kier alpha value is -5.77. The maximum atomic E-state index is 15.3. The summed E-state index contributed by atoms with van der Waals surface area (Å²) in [6, 6.07) is 8.16. The minimum absolute atomic E-state index is 0.00647. The highest BCUT2D eigenvalue weighted by Gasteiger charge is 2.26. The number of nitrogens with one attached hydrogen (secondary N) is 1. The maximum absolute atomic E-state index is 15.3. The number of fused-ring (bicyclic) bond motifs is 4. The standard InChI is InChI=1S/C27H37ClFN7O2Si.C24H30ClFN6O3Si.C3H9N/c1-17(2)31-27(37)19-15-35(16-38-10-11-39(5,6)7)26-24(19)32-21(14-30-26)25-23-20(29)12-18(28)13-22(23)36(33-25)9-8-34(3)4;1-30(2)6-7-32-19-11-15(25)10-17(26)20(19)22(29-32)18-12-27-23-21(28-18)16(24(33)34)13-31(23)14-35-8-9-36(3,4)5;1-3(2)4/h12-15,17H,8-11,16H2,1-7H3,(H,31,37);10-13H,6-9,14H2,1-5H3,(H,33,34);3H,4H2,1-2H3. The van der Waals surface area contributed by atoms with E-state index in [1.807, 2.05) is 65.7 Å². The van der Waals surface area contributed by atoms with E-state index in [1.54, 1.807) is 43.0 Å². The van der Waals surface area contributed by atoms with E-state index < -0.39 is 33.8 Å². The second kappa shape index (κ2) is 26.7. The van der Waals surface area contributed by atoms with Crippen LogP contribution < -0.4 is 11.1 Å². The molecule has 19 nitrogen and oxygen atoms in total. The fraction of sp³-hybridized carbons (Fsp3) is 0.481. The number of hydrogen-bond acceptors (Lipinski definition) is 13. The van der Waals surface area contributed by atoms with Crippen molar-refractivity contribution in [1.82, 2.24) is 63.7 Å². The molecule has 1 amide bonds. The molecule has 0 radical (unpaired) electrons. The molecule has 428 valence electrons. The molecule has 2 aromatic carbocycles. The molecule has 0 spiro atoms. The van der Waals surface area contributed by atoms with E-state index in [-0.39, 0.29) is 63.3 Å². The second-order valence-corrected chi connectivity index (χ2v) is 35.2. The summed E-state index contributed by atoms with van der Waals surface area (Å²) in [6.07, 6.45) is 6.24. The average molecular weight is 1170 g/mol. The third-order valence-electron chi connectivity index (χ3n) is 12.0. The predicted molar refractivity (Wildman–Crippen MR) is 317 cm³/mol. The molecule has 0 atom stereocenters. The number of benzene rings is 2. The van der Waals surface area contributed by atoms with Gasteiger partial charge in [0.25, 0.3) is 5.91 Å². The summed E-state index contributed by atoms with van der Waals surface area (Å²) in [5.41, 5.74) is 9.36. The number of halogens is 4. The van der Waals surface area contributed by atoms with Crippen molar-refractivity contribution in [2.24, 2.45) is 5.73 Å². The summed E-state index contributed by atoms with van der Waals surface area (Å²) in [5.74, 6) is -2.41. The van der Waals surface area contributed by atoms with Crippen molar-refractivity contribution >= 4 is 95.4 Å². The molecule has 79 heavy (non-hydrogen) atoms. The summed E-state index contributed by atoms with van der Waals surface area (Å²) in [5, 5.41) is 23.2. The monoisotopic (exact) mass is 1160 g/mol. The Labute approximate surface area is 472 Å². The topological polar surface area (TPSA) is 214 Å². The first kappa shape index (κ1) is 62.4. The molecule has 6 heterocycles. The van der Waals surface area contributed by atoms with Crippen LogP contribution in [-0.2, 0) is 36.0 Å². The first-order valence-electron chi connectivity index (χ1n) is 26.2. The van der Waals surface area contributed by atoms with Gasteiger partial charge in [0.05, 0.1) is 52.9 Å². The molecule has 8 aromatic rings. The zero-order chi connectivity index (χ0) is 58.3. The van der Waals surface area contributed by atoms with Crippen LogP contribution in [0, 0.1) is 11.6 Å². The van der Waals surface area contributed by atoms with Crippen molar-refractivity contribution in [1.29, 1.82) is 0 Å². The molecular weight excluding hydrogens is 1090 g/mol. The lowest BCUT2D eigenvalue weighted by Crippen LogP contribution is -2.30. The summed E-state index contributed by atoms with van der Waals surface area (Å²) >= 11 is 12.3. The van der Waals surface area contributed by atoms with Crippen molar-refractivity contribution in [2.45, 2.75) is 118 Å². The molecule has 25 heteroatoms. The van der Waals surface area contributed by atoms with Crippen LogP contribution in [0.15, 0.2) is 49.1 Å². The highest BCUT2D eigenvalue weighted by Crippen LogP contribution is 2.35. The molecule has 0 aliphatic heterocycles. The molecule has 8 rings (SSSR count). The molecule has 4 N–H and O–H groups in total. The third-order valence-corrected chi connectivity index (χ3v) is 15.9. The van der Waals surface area contributed by atoms with Crippen LogP contribution in [0.5, 0.6) is 0 Å². The number of carbonyl (C=O) groups excluding carboxylic acids is 1. The Morgan fingerprint density at radius 2 is 1.09 bits per heavy atom. The van der Waals surface area contributed by atoms with Gasteiger partial charge >= 0.3 is 5.97 Å². The average Bonchev–Trinajstić information content (AvgIpc) is 4.12. The minimum atomic E-state index is -1.25. The van der Waals surface area contributed by atoms with Crippen LogP contribution in [0.2, 0.25) is 61.4 Å². The molecule has 0 aliphatic carbocycles. The van der Waals surface area contributed by atoms with Gasteiger partial charge in [0.1, 0.15) is 64.5 Å². The van der Waals surface area contributed by atoms with E-state index in [9.17, 15) is 14.7 Å². The molecule has 0 saturated carbocycles. The van der Waals surface area contributed by atoms with Gasteiger partial charge in [-0.2, -0.15) is 10.2 Å². The Morgan fingerprint density at radius 1 is 0.696 bits per heavy atom. The van der Waals surface area contributed by atoms with Gasteiger partial charge in [0, 0.05) is 70.9 Å². The van der Waals surface area contributed by atoms with Gasteiger partial charge in [-0.15, -0.1) is 0 Å². The number of hydrogen-bond donors (Lipinski definition) is 3. The Kier molecular flexibility index (Phi) is 21.1. The first-order chi connectivity index (χ1) is 37.0. The van der Waals surface area contributed by atoms with E-state index in [1.165, 1.54) is 24.5 Å². The summed E-state index contributed by atoms with van der Waals surface area (Å²) < 4.78 is 48.9. The number of aromatic nitrogens is 10. The largest absolute Gasteiger partial charge is 0.478 e. The number of carbonyl (C=O) groups is 2. The predicted octanol–water partition coefficient (Wildman–Crippen LogP) is 10.4. The highest BCUT2D eigenvalue weighted by atomic mass is 35.5. The van der Waals surface area contributed by atoms with Crippen molar-refractivity contribution in [3.63, 3.8) is 0 Å². The molecule has 0 aliphatic rings. The Bertz CT molecular complexity index is 3420. The first-order valence-corrected chi connectivity index (χ1v) is 34.4.